The number of halogens is 2. The molecule has 1 saturated heterocycles. The molecule has 0 spiro atoms. The minimum absolute atomic E-state index is 0.0120. The second-order valence-electron chi connectivity index (χ2n) is 6.39. The molecule has 2 atom stereocenters. The van der Waals surface area contributed by atoms with Crippen molar-refractivity contribution in [3.05, 3.63) is 33.4 Å². The number of rotatable bonds is 3. The monoisotopic (exact) mass is 470 g/mol. The minimum Gasteiger partial charge on any atom is -0.372 e. The van der Waals surface area contributed by atoms with Crippen LogP contribution in [-0.2, 0) is 4.74 Å². The molecule has 1 aromatic carbocycles. The fourth-order valence-electron chi connectivity index (χ4n) is 3.39. The van der Waals surface area contributed by atoms with Crippen molar-refractivity contribution >= 4 is 45.5 Å². The molecule has 0 amide bonds. The fourth-order valence-corrected chi connectivity index (χ4v) is 3.78. The van der Waals surface area contributed by atoms with E-state index in [1.165, 1.54) is 4.68 Å². The number of benzene rings is 1. The molecular weight excluding hydrogens is 454 g/mol. The lowest BCUT2D eigenvalue weighted by Crippen LogP contribution is -2.46. The Kier molecular flexibility index (Phi) is 4.43. The lowest BCUT2D eigenvalue weighted by molar-refractivity contribution is -0.00543. The molecule has 9 heteroatoms. The number of anilines is 1. The number of ether oxygens (including phenoxy) is 1. The summed E-state index contributed by atoms with van der Waals surface area (Å²) >= 11 is 2.12. The van der Waals surface area contributed by atoms with E-state index in [4.69, 9.17) is 9.26 Å². The summed E-state index contributed by atoms with van der Waals surface area (Å²) in [7, 11) is 0. The second kappa shape index (κ2) is 6.62. The summed E-state index contributed by atoms with van der Waals surface area (Å²) in [5, 5.41) is 8.53. The molecule has 0 N–H and O–H groups in total. The average molecular weight is 470 g/mol. The maximum Gasteiger partial charge on any atom is 0.206 e. The molecule has 0 unspecified atom stereocenters. The van der Waals surface area contributed by atoms with Gasteiger partial charge in [-0.15, -0.1) is 0 Å². The number of nitrogens with zero attached hydrogens (tertiary/aromatic N) is 4. The molecule has 3 heterocycles. The van der Waals surface area contributed by atoms with E-state index in [0.717, 1.165) is 3.57 Å². The van der Waals surface area contributed by atoms with Crippen molar-refractivity contribution in [2.45, 2.75) is 26.1 Å². The van der Waals surface area contributed by atoms with E-state index in [1.54, 1.807) is 18.5 Å². The highest BCUT2D eigenvalue weighted by molar-refractivity contribution is 14.1. The smallest absolute Gasteiger partial charge is 0.206 e. The van der Waals surface area contributed by atoms with Crippen molar-refractivity contribution in [3.63, 3.8) is 0 Å². The number of aldehydes is 1. The molecule has 0 bridgehead atoms. The van der Waals surface area contributed by atoms with E-state index < -0.39 is 5.82 Å². The average Bonchev–Trinajstić information content (AvgIpc) is 3.19. The standard InChI is InChI=1S/C17H16FIN4O3/c1-9-5-22(6-10(2)25-9)15-11(8-24)3-13-16(14(15)18)26-21-17(13)23-7-12(19)4-20-23/h3-4,7-10H,5-6H2,1-2H3/t9-,10+. The number of aromatic nitrogens is 3. The Hall–Kier alpha value is -2.01. The molecule has 4 rings (SSSR count). The maximum atomic E-state index is 15.3. The normalized spacial score (nSPS) is 20.7. The first-order valence-corrected chi connectivity index (χ1v) is 9.23. The largest absolute Gasteiger partial charge is 0.372 e. The first-order valence-electron chi connectivity index (χ1n) is 8.16. The Morgan fingerprint density at radius 1 is 1.35 bits per heavy atom. The number of carbonyl (C=O) groups excluding carboxylic acids is 1. The highest BCUT2D eigenvalue weighted by atomic mass is 127. The number of hydrogen-bond acceptors (Lipinski definition) is 6. The van der Waals surface area contributed by atoms with Crippen molar-refractivity contribution in [2.75, 3.05) is 18.0 Å². The van der Waals surface area contributed by atoms with Crippen LogP contribution < -0.4 is 4.90 Å². The van der Waals surface area contributed by atoms with Crippen LogP contribution >= 0.6 is 22.6 Å². The van der Waals surface area contributed by atoms with Gasteiger partial charge in [-0.1, -0.05) is 5.16 Å². The minimum atomic E-state index is -0.591. The van der Waals surface area contributed by atoms with Crippen LogP contribution in [0, 0.1) is 9.39 Å². The van der Waals surface area contributed by atoms with Gasteiger partial charge in [0.25, 0.3) is 0 Å². The molecule has 1 aliphatic rings. The summed E-state index contributed by atoms with van der Waals surface area (Å²) in [6.45, 7) is 4.83. The number of hydrogen-bond donors (Lipinski definition) is 0. The molecule has 1 aliphatic heterocycles. The van der Waals surface area contributed by atoms with Gasteiger partial charge in [0.15, 0.2) is 12.1 Å². The second-order valence-corrected chi connectivity index (χ2v) is 7.64. The third-order valence-electron chi connectivity index (χ3n) is 4.32. The molecule has 7 nitrogen and oxygen atoms in total. The van der Waals surface area contributed by atoms with Gasteiger partial charge in [0.1, 0.15) is 0 Å². The van der Waals surface area contributed by atoms with Crippen molar-refractivity contribution in [3.8, 4) is 5.82 Å². The van der Waals surface area contributed by atoms with Gasteiger partial charge in [-0.3, -0.25) is 4.79 Å². The van der Waals surface area contributed by atoms with E-state index in [9.17, 15) is 4.79 Å². The van der Waals surface area contributed by atoms with E-state index in [0.29, 0.717) is 30.6 Å². The molecule has 0 aliphatic carbocycles. The van der Waals surface area contributed by atoms with Gasteiger partial charge >= 0.3 is 0 Å². The summed E-state index contributed by atoms with van der Waals surface area (Å²) in [6, 6.07) is 1.60. The van der Waals surface area contributed by atoms with Crippen LogP contribution in [0.25, 0.3) is 16.8 Å². The fraction of sp³-hybridized carbons (Fsp3) is 0.353. The molecule has 136 valence electrons. The van der Waals surface area contributed by atoms with Gasteiger partial charge < -0.3 is 14.2 Å². The van der Waals surface area contributed by atoms with E-state index >= 15 is 4.39 Å². The molecule has 0 radical (unpaired) electrons. The molecular formula is C17H16FIN4O3. The Labute approximate surface area is 162 Å². The van der Waals surface area contributed by atoms with Crippen LogP contribution in [0.15, 0.2) is 23.0 Å². The Morgan fingerprint density at radius 3 is 2.69 bits per heavy atom. The van der Waals surface area contributed by atoms with Crippen molar-refractivity contribution in [2.24, 2.45) is 0 Å². The predicted octanol–water partition coefficient (Wildman–Crippen LogP) is 3.18. The third-order valence-corrected chi connectivity index (χ3v) is 4.88. The van der Waals surface area contributed by atoms with Gasteiger partial charge in [-0.25, -0.2) is 9.07 Å². The van der Waals surface area contributed by atoms with Crippen LogP contribution in [0.5, 0.6) is 0 Å². The van der Waals surface area contributed by atoms with Crippen LogP contribution in [0.2, 0.25) is 0 Å². The molecule has 1 fully saturated rings. The third kappa shape index (κ3) is 2.88. The summed E-state index contributed by atoms with van der Waals surface area (Å²) in [5.74, 6) is -0.244. The number of fused-ring (bicyclic) bond motifs is 1. The van der Waals surface area contributed by atoms with Crippen LogP contribution in [0.3, 0.4) is 0 Å². The first-order chi connectivity index (χ1) is 12.5. The first kappa shape index (κ1) is 17.4. The summed E-state index contributed by atoms with van der Waals surface area (Å²) in [4.78, 5) is 13.5. The van der Waals surface area contributed by atoms with Crippen LogP contribution in [-0.4, -0.2) is 46.5 Å². The van der Waals surface area contributed by atoms with Crippen LogP contribution in [0.1, 0.15) is 24.2 Å². The van der Waals surface area contributed by atoms with Crippen molar-refractivity contribution < 1.29 is 18.4 Å². The SMILES string of the molecule is C[C@@H]1CN(c2c(C=O)cc3c(-n4cc(I)cn4)noc3c2F)C[C@H](C)O1. The van der Waals surface area contributed by atoms with Gasteiger partial charge in [0.2, 0.25) is 11.4 Å². The van der Waals surface area contributed by atoms with Crippen molar-refractivity contribution in [1.29, 1.82) is 0 Å². The van der Waals surface area contributed by atoms with E-state index in [-0.39, 0.29) is 29.0 Å². The van der Waals surface area contributed by atoms with Gasteiger partial charge in [0, 0.05) is 24.8 Å². The zero-order valence-corrected chi connectivity index (χ0v) is 16.3. The number of carbonyl (C=O) groups is 1. The Bertz CT molecular complexity index is 976. The van der Waals surface area contributed by atoms with Gasteiger partial charge in [-0.2, -0.15) is 5.10 Å². The number of morpholine rings is 1. The molecule has 2 aromatic heterocycles. The summed E-state index contributed by atoms with van der Waals surface area (Å²) in [6.07, 6.45) is 3.93. The highest BCUT2D eigenvalue weighted by Crippen LogP contribution is 2.35. The van der Waals surface area contributed by atoms with E-state index in [1.807, 2.05) is 18.7 Å². The maximum absolute atomic E-state index is 15.3. The van der Waals surface area contributed by atoms with Gasteiger partial charge in [0.05, 0.1) is 33.0 Å². The molecule has 3 aromatic rings. The van der Waals surface area contributed by atoms with Crippen molar-refractivity contribution in [1.82, 2.24) is 14.9 Å². The zero-order valence-electron chi connectivity index (χ0n) is 14.1. The molecule has 0 saturated carbocycles. The quantitative estimate of drug-likeness (QED) is 0.433. The zero-order chi connectivity index (χ0) is 18.4. The summed E-state index contributed by atoms with van der Waals surface area (Å²) in [5.41, 5.74) is 0.493. The van der Waals surface area contributed by atoms with Crippen LogP contribution in [0.4, 0.5) is 10.1 Å². The Morgan fingerprint density at radius 2 is 2.08 bits per heavy atom. The topological polar surface area (TPSA) is 73.4 Å². The van der Waals surface area contributed by atoms with Gasteiger partial charge in [-0.05, 0) is 42.5 Å². The summed E-state index contributed by atoms with van der Waals surface area (Å²) < 4.78 is 28.7. The molecule has 26 heavy (non-hydrogen) atoms. The van der Waals surface area contributed by atoms with E-state index in [2.05, 4.69) is 32.8 Å². The lowest BCUT2D eigenvalue weighted by atomic mass is 10.1. The highest BCUT2D eigenvalue weighted by Gasteiger charge is 2.29. The Balaban J connectivity index is 1.87. The lowest BCUT2D eigenvalue weighted by Gasteiger charge is -2.37. The predicted molar refractivity (Wildman–Crippen MR) is 101 cm³/mol.